The molecule has 3 N–H and O–H groups in total. The van der Waals surface area contributed by atoms with Gasteiger partial charge in [0.15, 0.2) is 17.5 Å². The van der Waals surface area contributed by atoms with Gasteiger partial charge in [-0.1, -0.05) is 0 Å². The summed E-state index contributed by atoms with van der Waals surface area (Å²) in [4.78, 5) is 12.1. The fourth-order valence-electron chi connectivity index (χ4n) is 1.28. The van der Waals surface area contributed by atoms with E-state index < -0.39 is 5.82 Å². The average Bonchev–Trinajstić information content (AvgIpc) is 2.33. The van der Waals surface area contributed by atoms with Gasteiger partial charge in [0.1, 0.15) is 5.69 Å². The first-order valence-corrected chi connectivity index (χ1v) is 5.54. The van der Waals surface area contributed by atoms with Crippen molar-refractivity contribution in [3.05, 3.63) is 34.3 Å². The standard InChI is InChI=1S/C10H9BrFN5/c1-5-8(12)10(17-13)16-9(15-5)7-3-2-6(11)4-14-7/h2-4H,13H2,1H3,(H,15,16,17). The second-order valence-electron chi connectivity index (χ2n) is 3.30. The highest BCUT2D eigenvalue weighted by molar-refractivity contribution is 9.10. The Bertz CT molecular complexity index is 543. The van der Waals surface area contributed by atoms with E-state index in [0.717, 1.165) is 4.47 Å². The van der Waals surface area contributed by atoms with Crippen LogP contribution < -0.4 is 11.3 Å². The van der Waals surface area contributed by atoms with E-state index in [0.29, 0.717) is 11.5 Å². The van der Waals surface area contributed by atoms with Crippen LogP contribution in [0.5, 0.6) is 0 Å². The molecule has 0 aliphatic carbocycles. The van der Waals surface area contributed by atoms with Crippen molar-refractivity contribution in [2.45, 2.75) is 6.92 Å². The highest BCUT2D eigenvalue weighted by atomic mass is 79.9. The van der Waals surface area contributed by atoms with Gasteiger partial charge in [0.2, 0.25) is 0 Å². The molecular weight excluding hydrogens is 289 g/mol. The number of nitrogens with one attached hydrogen (secondary N) is 1. The highest BCUT2D eigenvalue weighted by Crippen LogP contribution is 2.20. The normalized spacial score (nSPS) is 10.4. The largest absolute Gasteiger partial charge is 0.306 e. The van der Waals surface area contributed by atoms with Gasteiger partial charge >= 0.3 is 0 Å². The number of nitrogen functional groups attached to an aromatic ring is 1. The number of rotatable bonds is 2. The van der Waals surface area contributed by atoms with Crippen molar-refractivity contribution in [2.75, 3.05) is 5.43 Å². The Labute approximate surface area is 105 Å². The second-order valence-corrected chi connectivity index (χ2v) is 4.22. The Hall–Kier alpha value is -1.60. The number of pyridine rings is 1. The maximum absolute atomic E-state index is 13.5. The van der Waals surface area contributed by atoms with Crippen LogP contribution in [0.3, 0.4) is 0 Å². The number of hydrogen-bond donors (Lipinski definition) is 2. The molecule has 0 atom stereocenters. The van der Waals surface area contributed by atoms with Crippen LogP contribution in [0.2, 0.25) is 0 Å². The van der Waals surface area contributed by atoms with Crippen molar-refractivity contribution < 1.29 is 4.39 Å². The zero-order valence-corrected chi connectivity index (χ0v) is 10.5. The lowest BCUT2D eigenvalue weighted by molar-refractivity contribution is 0.606. The fourth-order valence-corrected chi connectivity index (χ4v) is 1.51. The van der Waals surface area contributed by atoms with Gasteiger partial charge in [0.05, 0.1) is 5.69 Å². The van der Waals surface area contributed by atoms with E-state index in [9.17, 15) is 4.39 Å². The molecule has 0 bridgehead atoms. The van der Waals surface area contributed by atoms with Gasteiger partial charge in [-0.3, -0.25) is 4.98 Å². The molecule has 2 aromatic rings. The maximum atomic E-state index is 13.5. The van der Waals surface area contributed by atoms with Crippen LogP contribution in [0.15, 0.2) is 22.8 Å². The molecule has 0 saturated heterocycles. The lowest BCUT2D eigenvalue weighted by Crippen LogP contribution is -2.13. The van der Waals surface area contributed by atoms with Crippen molar-refractivity contribution in [1.82, 2.24) is 15.0 Å². The highest BCUT2D eigenvalue weighted by Gasteiger charge is 2.12. The molecule has 0 spiro atoms. The Morgan fingerprint density at radius 2 is 2.12 bits per heavy atom. The molecule has 0 fully saturated rings. The molecule has 2 heterocycles. The van der Waals surface area contributed by atoms with Crippen LogP contribution in [-0.4, -0.2) is 15.0 Å². The molecular formula is C10H9BrFN5. The molecule has 0 amide bonds. The predicted molar refractivity (Wildman–Crippen MR) is 65.5 cm³/mol. The molecule has 0 aliphatic heterocycles. The Balaban J connectivity index is 2.52. The monoisotopic (exact) mass is 297 g/mol. The van der Waals surface area contributed by atoms with Gasteiger partial charge in [-0.2, -0.15) is 0 Å². The summed E-state index contributed by atoms with van der Waals surface area (Å²) < 4.78 is 14.3. The number of hydrogen-bond acceptors (Lipinski definition) is 5. The molecule has 88 valence electrons. The summed E-state index contributed by atoms with van der Waals surface area (Å²) >= 11 is 3.28. The van der Waals surface area contributed by atoms with E-state index in [1.807, 2.05) is 0 Å². The number of aromatic nitrogens is 3. The number of nitrogens with zero attached hydrogens (tertiary/aromatic N) is 3. The lowest BCUT2D eigenvalue weighted by Gasteiger charge is -2.06. The first-order chi connectivity index (χ1) is 8.11. The predicted octanol–water partition coefficient (Wildman–Crippen LogP) is 2.03. The topological polar surface area (TPSA) is 76.7 Å². The second kappa shape index (κ2) is 4.72. The Morgan fingerprint density at radius 3 is 2.71 bits per heavy atom. The average molecular weight is 298 g/mol. The van der Waals surface area contributed by atoms with Crippen molar-refractivity contribution in [1.29, 1.82) is 0 Å². The van der Waals surface area contributed by atoms with Gasteiger partial charge in [-0.25, -0.2) is 20.2 Å². The number of anilines is 1. The molecule has 0 radical (unpaired) electrons. The molecule has 0 unspecified atom stereocenters. The van der Waals surface area contributed by atoms with E-state index in [1.165, 1.54) is 0 Å². The third-order valence-electron chi connectivity index (χ3n) is 2.11. The number of halogens is 2. The van der Waals surface area contributed by atoms with Crippen molar-refractivity contribution >= 4 is 21.7 Å². The first kappa shape index (κ1) is 11.9. The van der Waals surface area contributed by atoms with Crippen molar-refractivity contribution in [3.8, 4) is 11.5 Å². The molecule has 2 aromatic heterocycles. The van der Waals surface area contributed by atoms with Crippen LogP contribution in [0, 0.1) is 12.7 Å². The lowest BCUT2D eigenvalue weighted by atomic mass is 10.3. The Kier molecular flexibility index (Phi) is 3.30. The van der Waals surface area contributed by atoms with Crippen molar-refractivity contribution in [2.24, 2.45) is 5.84 Å². The summed E-state index contributed by atoms with van der Waals surface area (Å²) in [5.74, 6) is 4.90. The van der Waals surface area contributed by atoms with Crippen LogP contribution >= 0.6 is 15.9 Å². The van der Waals surface area contributed by atoms with Crippen LogP contribution in [0.1, 0.15) is 5.69 Å². The SMILES string of the molecule is Cc1nc(-c2ccc(Br)cn2)nc(NN)c1F. The summed E-state index contributed by atoms with van der Waals surface area (Å²) in [7, 11) is 0. The van der Waals surface area contributed by atoms with Gasteiger partial charge in [0, 0.05) is 10.7 Å². The van der Waals surface area contributed by atoms with Gasteiger partial charge in [0.25, 0.3) is 0 Å². The van der Waals surface area contributed by atoms with Gasteiger partial charge < -0.3 is 5.43 Å². The molecule has 0 aliphatic rings. The zero-order chi connectivity index (χ0) is 12.4. The molecule has 5 nitrogen and oxygen atoms in total. The van der Waals surface area contributed by atoms with Gasteiger partial charge in [-0.15, -0.1) is 0 Å². The van der Waals surface area contributed by atoms with E-state index in [2.05, 4.69) is 36.3 Å². The quantitative estimate of drug-likeness (QED) is 0.655. The van der Waals surface area contributed by atoms with Crippen LogP contribution in [0.4, 0.5) is 10.2 Å². The minimum Gasteiger partial charge on any atom is -0.306 e. The number of aryl methyl sites for hydroxylation is 1. The minimum absolute atomic E-state index is 0.0442. The molecule has 17 heavy (non-hydrogen) atoms. The minimum atomic E-state index is -0.562. The first-order valence-electron chi connectivity index (χ1n) is 4.74. The van der Waals surface area contributed by atoms with E-state index in [-0.39, 0.29) is 11.5 Å². The molecule has 2 rings (SSSR count). The molecule has 0 saturated carbocycles. The summed E-state index contributed by atoms with van der Waals surface area (Å²) in [5.41, 5.74) is 2.96. The van der Waals surface area contributed by atoms with E-state index in [4.69, 9.17) is 5.84 Å². The zero-order valence-electron chi connectivity index (χ0n) is 8.91. The smallest absolute Gasteiger partial charge is 0.187 e. The Morgan fingerprint density at radius 1 is 1.35 bits per heavy atom. The van der Waals surface area contributed by atoms with Crippen LogP contribution in [-0.2, 0) is 0 Å². The third-order valence-corrected chi connectivity index (χ3v) is 2.58. The molecule has 7 heteroatoms. The third kappa shape index (κ3) is 2.40. The summed E-state index contributed by atoms with van der Waals surface area (Å²) in [6, 6.07) is 3.54. The number of hydrazine groups is 1. The van der Waals surface area contributed by atoms with Crippen LogP contribution in [0.25, 0.3) is 11.5 Å². The van der Waals surface area contributed by atoms with E-state index in [1.54, 1.807) is 25.3 Å². The maximum Gasteiger partial charge on any atom is 0.187 e. The summed E-state index contributed by atoms with van der Waals surface area (Å²) in [6.45, 7) is 1.54. The number of nitrogens with two attached hydrogens (primary N) is 1. The van der Waals surface area contributed by atoms with Crippen molar-refractivity contribution in [3.63, 3.8) is 0 Å². The molecule has 0 aromatic carbocycles. The fraction of sp³-hybridized carbons (Fsp3) is 0.100. The van der Waals surface area contributed by atoms with E-state index >= 15 is 0 Å². The van der Waals surface area contributed by atoms with Gasteiger partial charge in [-0.05, 0) is 35.0 Å². The summed E-state index contributed by atoms with van der Waals surface area (Å²) in [6.07, 6.45) is 1.62. The summed E-state index contributed by atoms with van der Waals surface area (Å²) in [5, 5.41) is 0.